The van der Waals surface area contributed by atoms with Gasteiger partial charge in [0.1, 0.15) is 19.8 Å². The van der Waals surface area contributed by atoms with E-state index in [1.54, 1.807) is 0 Å². The second kappa shape index (κ2) is 7.59. The van der Waals surface area contributed by atoms with Crippen molar-refractivity contribution in [3.05, 3.63) is 12.2 Å². The average Bonchev–Trinajstić information content (AvgIpc) is 2.24. The Bertz CT molecular complexity index is 415. The number of carbonyl (C=O) groups is 1. The summed E-state index contributed by atoms with van der Waals surface area (Å²) in [5, 5.41) is 0. The van der Waals surface area contributed by atoms with Gasteiger partial charge in [0, 0.05) is 0 Å². The van der Waals surface area contributed by atoms with Gasteiger partial charge in [-0.25, -0.2) is 8.98 Å². The van der Waals surface area contributed by atoms with Crippen LogP contribution < -0.4 is 0 Å². The SMILES string of the molecule is C=C(COS(=O)(=O)O)C(=O)OCC[N+](C)(C)CCC. The number of carbonyl (C=O) groups excluding carboxylic acids is 1. The lowest BCUT2D eigenvalue weighted by atomic mass is 10.3. The molecule has 0 fully saturated rings. The molecule has 0 aromatic carbocycles. The van der Waals surface area contributed by atoms with E-state index in [9.17, 15) is 13.2 Å². The Labute approximate surface area is 114 Å². The van der Waals surface area contributed by atoms with Crippen molar-refractivity contribution < 1.29 is 31.2 Å². The maximum atomic E-state index is 11.4. The fourth-order valence-electron chi connectivity index (χ4n) is 1.41. The lowest BCUT2D eigenvalue weighted by molar-refractivity contribution is -0.890. The van der Waals surface area contributed by atoms with Crippen LogP contribution in [-0.2, 0) is 24.1 Å². The Morgan fingerprint density at radius 3 is 2.37 bits per heavy atom. The predicted octanol–water partition coefficient (Wildman–Crippen LogP) is 0.392. The first-order valence-electron chi connectivity index (χ1n) is 5.86. The third-order valence-electron chi connectivity index (χ3n) is 2.43. The Hall–Kier alpha value is -0.960. The second-order valence-corrected chi connectivity index (χ2v) is 5.90. The van der Waals surface area contributed by atoms with E-state index < -0.39 is 23.0 Å². The smallest absolute Gasteiger partial charge is 0.397 e. The van der Waals surface area contributed by atoms with E-state index in [2.05, 4.69) is 17.7 Å². The van der Waals surface area contributed by atoms with Gasteiger partial charge in [0.25, 0.3) is 0 Å². The molecule has 0 aromatic rings. The zero-order valence-corrected chi connectivity index (χ0v) is 12.4. The van der Waals surface area contributed by atoms with Crippen LogP contribution in [0.15, 0.2) is 12.2 Å². The van der Waals surface area contributed by atoms with E-state index in [1.807, 2.05) is 14.1 Å². The first-order valence-corrected chi connectivity index (χ1v) is 7.22. The molecule has 0 bridgehead atoms. The molecular formula is C11H22NO6S+. The summed E-state index contributed by atoms with van der Waals surface area (Å²) in [5.41, 5.74) is -0.168. The minimum absolute atomic E-state index is 0.168. The van der Waals surface area contributed by atoms with Crippen LogP contribution in [0.3, 0.4) is 0 Å². The van der Waals surface area contributed by atoms with E-state index in [0.29, 0.717) is 6.54 Å². The zero-order chi connectivity index (χ0) is 15.1. The minimum atomic E-state index is -4.58. The number of nitrogens with zero attached hydrogens (tertiary/aromatic N) is 1. The van der Waals surface area contributed by atoms with Crippen molar-refractivity contribution in [3.8, 4) is 0 Å². The van der Waals surface area contributed by atoms with Crippen LogP contribution in [0.4, 0.5) is 0 Å². The Morgan fingerprint density at radius 2 is 1.89 bits per heavy atom. The Kier molecular flexibility index (Phi) is 7.20. The monoisotopic (exact) mass is 296 g/mol. The quantitative estimate of drug-likeness (QED) is 0.286. The molecule has 0 rings (SSSR count). The summed E-state index contributed by atoms with van der Waals surface area (Å²) in [7, 11) is -0.533. The van der Waals surface area contributed by atoms with Crippen molar-refractivity contribution in [3.63, 3.8) is 0 Å². The first kappa shape index (κ1) is 18.0. The second-order valence-electron chi connectivity index (χ2n) is 4.81. The number of likely N-dealkylation sites (N-methyl/N-ethyl adjacent to an activating group) is 1. The zero-order valence-electron chi connectivity index (χ0n) is 11.6. The van der Waals surface area contributed by atoms with Gasteiger partial charge in [-0.15, -0.1) is 0 Å². The molecule has 0 amide bonds. The number of hydrogen-bond acceptors (Lipinski definition) is 5. The number of rotatable bonds is 9. The lowest BCUT2D eigenvalue weighted by Crippen LogP contribution is -2.43. The molecule has 0 heterocycles. The summed E-state index contributed by atoms with van der Waals surface area (Å²) in [6.45, 7) is 6.59. The molecule has 0 spiro atoms. The number of hydrogen-bond donors (Lipinski definition) is 1. The molecule has 0 saturated carbocycles. The van der Waals surface area contributed by atoms with Gasteiger partial charge in [0.15, 0.2) is 0 Å². The van der Waals surface area contributed by atoms with Crippen molar-refractivity contribution in [1.29, 1.82) is 0 Å². The molecule has 0 aliphatic carbocycles. The van der Waals surface area contributed by atoms with Crippen molar-refractivity contribution in [1.82, 2.24) is 0 Å². The fraction of sp³-hybridized carbons (Fsp3) is 0.727. The molecule has 112 valence electrons. The standard InChI is InChI=1S/C11H21NO6S/c1-5-6-12(3,4)7-8-17-11(13)10(2)9-18-19(14,15)16/h2,5-9H2,1,3-4H3/p+1. The van der Waals surface area contributed by atoms with Crippen LogP contribution in [0.5, 0.6) is 0 Å². The van der Waals surface area contributed by atoms with E-state index in [-0.39, 0.29) is 12.2 Å². The molecular weight excluding hydrogens is 274 g/mol. The maximum Gasteiger partial charge on any atom is 0.397 e. The van der Waals surface area contributed by atoms with Gasteiger partial charge in [-0.3, -0.25) is 4.55 Å². The summed E-state index contributed by atoms with van der Waals surface area (Å²) in [6.07, 6.45) is 1.02. The molecule has 0 unspecified atom stereocenters. The number of esters is 1. The van der Waals surface area contributed by atoms with Gasteiger partial charge in [-0.1, -0.05) is 13.5 Å². The molecule has 7 nitrogen and oxygen atoms in total. The third kappa shape index (κ3) is 9.60. The van der Waals surface area contributed by atoms with Crippen molar-refractivity contribution in [2.24, 2.45) is 0 Å². The summed E-state index contributed by atoms with van der Waals surface area (Å²) in [4.78, 5) is 11.4. The summed E-state index contributed by atoms with van der Waals surface area (Å²) >= 11 is 0. The van der Waals surface area contributed by atoms with Crippen molar-refractivity contribution >= 4 is 16.4 Å². The van der Waals surface area contributed by atoms with Crippen LogP contribution in [0, 0.1) is 0 Å². The van der Waals surface area contributed by atoms with Crippen LogP contribution in [0.2, 0.25) is 0 Å². The molecule has 0 aliphatic rings. The molecule has 19 heavy (non-hydrogen) atoms. The van der Waals surface area contributed by atoms with E-state index in [0.717, 1.165) is 17.4 Å². The van der Waals surface area contributed by atoms with Crippen LogP contribution in [-0.4, -0.2) is 63.8 Å². The topological polar surface area (TPSA) is 89.9 Å². The highest BCUT2D eigenvalue weighted by Crippen LogP contribution is 2.02. The molecule has 0 atom stereocenters. The van der Waals surface area contributed by atoms with Crippen LogP contribution in [0.1, 0.15) is 13.3 Å². The third-order valence-corrected chi connectivity index (χ3v) is 2.85. The van der Waals surface area contributed by atoms with Crippen LogP contribution in [0.25, 0.3) is 0 Å². The average molecular weight is 296 g/mol. The van der Waals surface area contributed by atoms with E-state index in [1.165, 1.54) is 0 Å². The normalized spacial score (nSPS) is 12.2. The largest absolute Gasteiger partial charge is 0.456 e. The highest BCUT2D eigenvalue weighted by molar-refractivity contribution is 7.80. The number of ether oxygens (including phenoxy) is 1. The maximum absolute atomic E-state index is 11.4. The predicted molar refractivity (Wildman–Crippen MR) is 69.7 cm³/mol. The fourth-order valence-corrected chi connectivity index (χ4v) is 1.70. The molecule has 8 heteroatoms. The van der Waals surface area contributed by atoms with Gasteiger partial charge < -0.3 is 9.22 Å². The van der Waals surface area contributed by atoms with Crippen molar-refractivity contribution in [2.45, 2.75) is 13.3 Å². The van der Waals surface area contributed by atoms with Gasteiger partial charge in [0.2, 0.25) is 0 Å². The highest BCUT2D eigenvalue weighted by atomic mass is 32.3. The lowest BCUT2D eigenvalue weighted by Gasteiger charge is -2.28. The Balaban J connectivity index is 4.02. The van der Waals surface area contributed by atoms with Crippen LogP contribution >= 0.6 is 0 Å². The first-order chi connectivity index (χ1) is 8.57. The number of quaternary nitrogens is 1. The van der Waals surface area contributed by atoms with Crippen molar-refractivity contribution in [2.75, 3.05) is 40.4 Å². The highest BCUT2D eigenvalue weighted by Gasteiger charge is 2.17. The summed E-state index contributed by atoms with van der Waals surface area (Å²) in [5.74, 6) is -0.736. The molecule has 0 radical (unpaired) electrons. The summed E-state index contributed by atoms with van der Waals surface area (Å²) < 4.78 is 38.7. The molecule has 0 aliphatic heterocycles. The Morgan fingerprint density at radius 1 is 1.32 bits per heavy atom. The van der Waals surface area contributed by atoms with Gasteiger partial charge in [-0.05, 0) is 6.42 Å². The molecule has 0 aromatic heterocycles. The van der Waals surface area contributed by atoms with E-state index in [4.69, 9.17) is 9.29 Å². The molecule has 0 saturated heterocycles. The molecule has 1 N–H and O–H groups in total. The van der Waals surface area contributed by atoms with E-state index >= 15 is 0 Å². The van der Waals surface area contributed by atoms with Gasteiger partial charge >= 0.3 is 16.4 Å². The minimum Gasteiger partial charge on any atom is -0.456 e. The summed E-state index contributed by atoms with van der Waals surface area (Å²) in [6, 6.07) is 0. The van der Waals surface area contributed by atoms with Gasteiger partial charge in [-0.2, -0.15) is 8.42 Å². The van der Waals surface area contributed by atoms with Gasteiger partial charge in [0.05, 0.1) is 26.2 Å².